The number of nitrogens with zero attached hydrogens (tertiary/aromatic N) is 1. The van der Waals surface area contributed by atoms with E-state index in [4.69, 9.17) is 5.84 Å². The number of benzene rings is 1. The summed E-state index contributed by atoms with van der Waals surface area (Å²) < 4.78 is 37.7. The van der Waals surface area contributed by atoms with E-state index < -0.39 is 24.7 Å². The van der Waals surface area contributed by atoms with Crippen molar-refractivity contribution >= 4 is 11.6 Å². The van der Waals surface area contributed by atoms with E-state index in [2.05, 4.69) is 5.43 Å². The Morgan fingerprint density at radius 1 is 1.40 bits per heavy atom. The van der Waals surface area contributed by atoms with E-state index in [0.29, 0.717) is 5.69 Å². The third-order valence-corrected chi connectivity index (χ3v) is 2.79. The molecule has 1 aromatic carbocycles. The van der Waals surface area contributed by atoms with Gasteiger partial charge in [0.05, 0.1) is 11.3 Å². The van der Waals surface area contributed by atoms with Gasteiger partial charge in [0.25, 0.3) is 5.91 Å². The van der Waals surface area contributed by atoms with Gasteiger partial charge in [-0.25, -0.2) is 0 Å². The standard InChI is InChI=1S/C13H18F3N3O/c1-8(2)19(7-13(14,15)16)12(20)10-5-4-9(3)6-11(10)18-17/h4-6,8,18H,7,17H2,1-3H3. The van der Waals surface area contributed by atoms with E-state index in [1.807, 2.05) is 0 Å². The number of nitrogen functional groups attached to an aromatic ring is 1. The fourth-order valence-electron chi connectivity index (χ4n) is 1.80. The molecule has 1 rings (SSSR count). The van der Waals surface area contributed by atoms with E-state index >= 15 is 0 Å². The Morgan fingerprint density at radius 3 is 2.45 bits per heavy atom. The van der Waals surface area contributed by atoms with Crippen molar-refractivity contribution in [3.05, 3.63) is 29.3 Å². The molecule has 0 unspecified atom stereocenters. The Bertz CT molecular complexity index is 486. The lowest BCUT2D eigenvalue weighted by Crippen LogP contribution is -2.43. The number of alkyl halides is 3. The monoisotopic (exact) mass is 289 g/mol. The maximum Gasteiger partial charge on any atom is 0.406 e. The summed E-state index contributed by atoms with van der Waals surface area (Å²) in [6.07, 6.45) is -4.44. The summed E-state index contributed by atoms with van der Waals surface area (Å²) >= 11 is 0. The van der Waals surface area contributed by atoms with Gasteiger partial charge in [0.1, 0.15) is 6.54 Å². The molecular weight excluding hydrogens is 271 g/mol. The summed E-state index contributed by atoms with van der Waals surface area (Å²) in [5.74, 6) is 4.61. The summed E-state index contributed by atoms with van der Waals surface area (Å²) in [4.78, 5) is 13.1. The molecule has 0 heterocycles. The molecule has 0 aliphatic carbocycles. The Labute approximate surface area is 115 Å². The molecule has 1 aromatic rings. The minimum Gasteiger partial charge on any atom is -0.327 e. The first-order valence-electron chi connectivity index (χ1n) is 6.10. The first kappa shape index (κ1) is 16.3. The largest absolute Gasteiger partial charge is 0.406 e. The van der Waals surface area contributed by atoms with Crippen LogP contribution in [-0.4, -0.2) is 29.6 Å². The molecule has 112 valence electrons. The van der Waals surface area contributed by atoms with Gasteiger partial charge >= 0.3 is 6.18 Å². The quantitative estimate of drug-likeness (QED) is 0.662. The van der Waals surface area contributed by atoms with E-state index in [-0.39, 0.29) is 5.56 Å². The lowest BCUT2D eigenvalue weighted by Gasteiger charge is -2.28. The highest BCUT2D eigenvalue weighted by Gasteiger charge is 2.35. The molecule has 4 nitrogen and oxygen atoms in total. The van der Waals surface area contributed by atoms with Crippen molar-refractivity contribution in [2.45, 2.75) is 33.0 Å². The van der Waals surface area contributed by atoms with Gasteiger partial charge in [-0.15, -0.1) is 0 Å². The first-order valence-corrected chi connectivity index (χ1v) is 6.10. The fraction of sp³-hybridized carbons (Fsp3) is 0.462. The van der Waals surface area contributed by atoms with Crippen molar-refractivity contribution in [2.24, 2.45) is 5.84 Å². The van der Waals surface area contributed by atoms with Crippen LogP contribution in [0.1, 0.15) is 29.8 Å². The Balaban J connectivity index is 3.13. The van der Waals surface area contributed by atoms with Gasteiger partial charge in [0, 0.05) is 6.04 Å². The smallest absolute Gasteiger partial charge is 0.327 e. The zero-order valence-electron chi connectivity index (χ0n) is 11.6. The lowest BCUT2D eigenvalue weighted by atomic mass is 10.1. The SMILES string of the molecule is Cc1ccc(C(=O)N(CC(F)(F)F)C(C)C)c(NN)c1. The lowest BCUT2D eigenvalue weighted by molar-refractivity contribution is -0.143. The highest BCUT2D eigenvalue weighted by Crippen LogP contribution is 2.23. The van der Waals surface area contributed by atoms with Gasteiger partial charge in [0.2, 0.25) is 0 Å². The summed E-state index contributed by atoms with van der Waals surface area (Å²) in [6, 6.07) is 4.16. The summed E-state index contributed by atoms with van der Waals surface area (Å²) in [5.41, 5.74) is 3.62. The second kappa shape index (κ2) is 6.13. The van der Waals surface area contributed by atoms with Gasteiger partial charge in [-0.2, -0.15) is 13.2 Å². The number of carbonyl (C=O) groups is 1. The molecule has 0 bridgehead atoms. The average Bonchev–Trinajstić information content (AvgIpc) is 2.33. The van der Waals surface area contributed by atoms with Gasteiger partial charge in [-0.05, 0) is 38.5 Å². The molecule has 3 N–H and O–H groups in total. The second-order valence-electron chi connectivity index (χ2n) is 4.84. The fourth-order valence-corrected chi connectivity index (χ4v) is 1.80. The third-order valence-electron chi connectivity index (χ3n) is 2.79. The number of carbonyl (C=O) groups excluding carboxylic acids is 1. The van der Waals surface area contributed by atoms with Crippen molar-refractivity contribution in [3.8, 4) is 0 Å². The van der Waals surface area contributed by atoms with Crippen LogP contribution in [0.5, 0.6) is 0 Å². The molecule has 0 radical (unpaired) electrons. The highest BCUT2D eigenvalue weighted by atomic mass is 19.4. The van der Waals surface area contributed by atoms with Crippen LogP contribution in [0.2, 0.25) is 0 Å². The molecule has 0 fully saturated rings. The minimum absolute atomic E-state index is 0.121. The average molecular weight is 289 g/mol. The molecule has 0 atom stereocenters. The van der Waals surface area contributed by atoms with Crippen LogP contribution >= 0.6 is 0 Å². The van der Waals surface area contributed by atoms with E-state index in [1.165, 1.54) is 19.9 Å². The first-order chi connectivity index (χ1) is 9.15. The molecule has 0 aromatic heterocycles. The van der Waals surface area contributed by atoms with Crippen molar-refractivity contribution < 1.29 is 18.0 Å². The van der Waals surface area contributed by atoms with Crippen LogP contribution in [0, 0.1) is 6.92 Å². The van der Waals surface area contributed by atoms with Crippen LogP contribution in [0.3, 0.4) is 0 Å². The van der Waals surface area contributed by atoms with E-state index in [1.54, 1.807) is 19.1 Å². The van der Waals surface area contributed by atoms with Crippen LogP contribution < -0.4 is 11.3 Å². The number of anilines is 1. The predicted molar refractivity (Wildman–Crippen MR) is 71.2 cm³/mol. The molecule has 0 saturated heterocycles. The Kier molecular flexibility index (Phi) is 4.99. The van der Waals surface area contributed by atoms with Gasteiger partial charge in [-0.3, -0.25) is 10.6 Å². The number of nitrogens with two attached hydrogens (primary N) is 1. The maximum atomic E-state index is 12.6. The van der Waals surface area contributed by atoms with Crippen LogP contribution in [0.25, 0.3) is 0 Å². The molecule has 0 aliphatic rings. The number of amides is 1. The van der Waals surface area contributed by atoms with Crippen molar-refractivity contribution in [3.63, 3.8) is 0 Å². The number of aryl methyl sites for hydroxylation is 1. The number of hydrazine groups is 1. The molecular formula is C13H18F3N3O. The molecule has 0 saturated carbocycles. The summed E-state index contributed by atoms with van der Waals surface area (Å²) in [5, 5.41) is 0. The summed E-state index contributed by atoms with van der Waals surface area (Å²) in [7, 11) is 0. The van der Waals surface area contributed by atoms with Crippen LogP contribution in [-0.2, 0) is 0 Å². The number of hydrogen-bond acceptors (Lipinski definition) is 3. The minimum atomic E-state index is -4.44. The number of rotatable bonds is 4. The normalized spacial score (nSPS) is 11.6. The molecule has 0 spiro atoms. The van der Waals surface area contributed by atoms with Crippen molar-refractivity contribution in [2.75, 3.05) is 12.0 Å². The zero-order valence-corrected chi connectivity index (χ0v) is 11.6. The van der Waals surface area contributed by atoms with Gasteiger partial charge in [0.15, 0.2) is 0 Å². The number of halogens is 3. The number of nitrogens with one attached hydrogen (secondary N) is 1. The van der Waals surface area contributed by atoms with Crippen molar-refractivity contribution in [1.29, 1.82) is 0 Å². The molecule has 7 heteroatoms. The highest BCUT2D eigenvalue weighted by molar-refractivity contribution is 5.99. The summed E-state index contributed by atoms with van der Waals surface area (Å²) in [6.45, 7) is 3.58. The second-order valence-corrected chi connectivity index (χ2v) is 4.84. The van der Waals surface area contributed by atoms with E-state index in [0.717, 1.165) is 10.5 Å². The van der Waals surface area contributed by atoms with Gasteiger partial charge < -0.3 is 10.3 Å². The Hall–Kier alpha value is -1.76. The topological polar surface area (TPSA) is 58.4 Å². The molecule has 1 amide bonds. The third kappa shape index (κ3) is 4.12. The van der Waals surface area contributed by atoms with Crippen molar-refractivity contribution in [1.82, 2.24) is 4.90 Å². The predicted octanol–water partition coefficient (Wildman–Crippen LogP) is 2.69. The molecule has 20 heavy (non-hydrogen) atoms. The van der Waals surface area contributed by atoms with Crippen LogP contribution in [0.4, 0.5) is 18.9 Å². The molecule has 0 aliphatic heterocycles. The Morgan fingerprint density at radius 2 is 2.00 bits per heavy atom. The van der Waals surface area contributed by atoms with E-state index in [9.17, 15) is 18.0 Å². The van der Waals surface area contributed by atoms with Gasteiger partial charge in [-0.1, -0.05) is 6.07 Å². The number of hydrogen-bond donors (Lipinski definition) is 2. The van der Waals surface area contributed by atoms with Crippen LogP contribution in [0.15, 0.2) is 18.2 Å². The zero-order chi connectivity index (χ0) is 15.5. The maximum absolute atomic E-state index is 12.6.